The van der Waals surface area contributed by atoms with Gasteiger partial charge in [-0.2, -0.15) is 0 Å². The number of fused-ring (bicyclic) bond motifs is 1. The van der Waals surface area contributed by atoms with Gasteiger partial charge in [0, 0.05) is 44.5 Å². The summed E-state index contributed by atoms with van der Waals surface area (Å²) in [6.07, 6.45) is 3.20. The Labute approximate surface area is 257 Å². The average Bonchev–Trinajstić information content (AvgIpc) is 3.40. The first-order valence-corrected chi connectivity index (χ1v) is 15.0. The molecule has 0 saturated carbocycles. The molecule has 1 aromatic heterocycles. The number of carboxylic acids is 1. The number of aryl methyl sites for hydroxylation is 1. The lowest BCUT2D eigenvalue weighted by Crippen LogP contribution is -2.40. The topological polar surface area (TPSA) is 111 Å². The van der Waals surface area contributed by atoms with Crippen molar-refractivity contribution < 1.29 is 38.3 Å². The number of ether oxygens (including phenoxy) is 4. The van der Waals surface area contributed by atoms with E-state index in [4.69, 9.17) is 18.9 Å². The largest absolute Gasteiger partial charge is 0.485 e. The van der Waals surface area contributed by atoms with E-state index in [1.807, 2.05) is 18.2 Å². The maximum atomic E-state index is 15.3. The number of hydrogen-bond acceptors (Lipinski definition) is 8. The zero-order valence-electron chi connectivity index (χ0n) is 25.7. The molecule has 2 aliphatic heterocycles. The first kappa shape index (κ1) is 31.8. The normalized spacial score (nSPS) is 21.4. The highest BCUT2D eigenvalue weighted by Gasteiger charge is 2.34. The van der Waals surface area contributed by atoms with Crippen LogP contribution in [0.2, 0.25) is 0 Å². The van der Waals surface area contributed by atoms with Crippen molar-refractivity contribution in [2.24, 2.45) is 5.92 Å². The van der Waals surface area contributed by atoms with E-state index in [1.54, 1.807) is 32.4 Å². The molecule has 0 aliphatic carbocycles. The fourth-order valence-electron chi connectivity index (χ4n) is 6.39. The number of carbonyl (C=O) groups is 1. The minimum atomic E-state index is -1.15. The Morgan fingerprint density at radius 3 is 2.43 bits per heavy atom. The molecular formula is C34H41FN2O7. The van der Waals surface area contributed by atoms with Crippen LogP contribution >= 0.6 is 0 Å². The zero-order valence-corrected chi connectivity index (χ0v) is 25.7. The first-order chi connectivity index (χ1) is 21.2. The Morgan fingerprint density at radius 2 is 1.77 bits per heavy atom. The van der Waals surface area contributed by atoms with Gasteiger partial charge in [-0.1, -0.05) is 30.3 Å². The van der Waals surface area contributed by atoms with Crippen LogP contribution in [0.4, 0.5) is 4.39 Å². The molecule has 2 aromatic carbocycles. The molecular weight excluding hydrogens is 567 g/mol. The summed E-state index contributed by atoms with van der Waals surface area (Å²) in [5, 5.41) is 20.0. The minimum absolute atomic E-state index is 0.198. The third-order valence-corrected chi connectivity index (χ3v) is 8.91. The number of rotatable bonds is 12. The maximum Gasteiger partial charge on any atom is 0.309 e. The Hall–Kier alpha value is -3.57. The second-order valence-electron chi connectivity index (χ2n) is 11.7. The summed E-state index contributed by atoms with van der Waals surface area (Å²) >= 11 is 0. The molecule has 0 spiro atoms. The number of aliphatic carboxylic acids is 1. The molecule has 5 atom stereocenters. The SMILES string of the molecule is COCC1CC[C@H](COC)N1Cc1cc(C2CCc3ccc([C@H](O)[C@H](C)C(=O)O)cc3O2)ccc1-c1cc(OC)ncc1F. The number of benzene rings is 2. The van der Waals surface area contributed by atoms with Gasteiger partial charge in [0.2, 0.25) is 5.88 Å². The van der Waals surface area contributed by atoms with Gasteiger partial charge in [0.1, 0.15) is 17.7 Å². The number of hydrogen-bond donors (Lipinski definition) is 2. The predicted octanol–water partition coefficient (Wildman–Crippen LogP) is 5.34. The van der Waals surface area contributed by atoms with Gasteiger partial charge in [0.05, 0.1) is 38.5 Å². The summed E-state index contributed by atoms with van der Waals surface area (Å²) in [6, 6.07) is 13.4. The number of aromatic nitrogens is 1. The standard InChI is InChI=1S/C34H41FN2O7/c1-20(34(39)40)33(38)23-6-5-21-8-12-30(44-31(21)14-23)22-7-11-27(28-15-32(43-4)36-16-29(28)35)24(13-22)17-37-25(18-41-2)9-10-26(37)19-42-3/h5-7,11,13-16,20,25-26,30,33,38H,8-10,12,17-19H2,1-4H3,(H,39,40)/t20-,25+,26?,30?,33+/m0/s1. The van der Waals surface area contributed by atoms with Crippen molar-refractivity contribution in [2.45, 2.75) is 63.4 Å². The lowest BCUT2D eigenvalue weighted by Gasteiger charge is -2.32. The van der Waals surface area contributed by atoms with Crippen molar-refractivity contribution in [1.29, 1.82) is 0 Å². The van der Waals surface area contributed by atoms with Gasteiger partial charge in [-0.15, -0.1) is 0 Å². The number of likely N-dealkylation sites (tertiary alicyclic amines) is 1. The summed E-state index contributed by atoms with van der Waals surface area (Å²) in [5.74, 6) is -1.50. The molecule has 9 nitrogen and oxygen atoms in total. The molecule has 3 heterocycles. The van der Waals surface area contributed by atoms with E-state index in [-0.39, 0.29) is 18.2 Å². The second kappa shape index (κ2) is 14.0. The van der Waals surface area contributed by atoms with E-state index < -0.39 is 23.8 Å². The van der Waals surface area contributed by atoms with Gasteiger partial charge in [0.15, 0.2) is 0 Å². The predicted molar refractivity (Wildman–Crippen MR) is 162 cm³/mol. The van der Waals surface area contributed by atoms with E-state index >= 15 is 4.39 Å². The Morgan fingerprint density at radius 1 is 1.05 bits per heavy atom. The van der Waals surface area contributed by atoms with Crippen molar-refractivity contribution in [3.05, 3.63) is 76.7 Å². The van der Waals surface area contributed by atoms with E-state index in [1.165, 1.54) is 20.2 Å². The van der Waals surface area contributed by atoms with Crippen LogP contribution in [0, 0.1) is 11.7 Å². The Kier molecular flexibility index (Phi) is 10.2. The average molecular weight is 609 g/mol. The third kappa shape index (κ3) is 6.73. The van der Waals surface area contributed by atoms with Crippen molar-refractivity contribution in [3.63, 3.8) is 0 Å². The van der Waals surface area contributed by atoms with Crippen molar-refractivity contribution in [3.8, 4) is 22.8 Å². The van der Waals surface area contributed by atoms with Crippen LogP contribution in [0.15, 0.2) is 48.7 Å². The minimum Gasteiger partial charge on any atom is -0.485 e. The highest BCUT2D eigenvalue weighted by atomic mass is 19.1. The van der Waals surface area contributed by atoms with E-state index in [9.17, 15) is 15.0 Å². The summed E-state index contributed by atoms with van der Waals surface area (Å²) in [4.78, 5) is 17.9. The van der Waals surface area contributed by atoms with Crippen LogP contribution in [0.25, 0.3) is 11.1 Å². The molecule has 2 aliphatic rings. The first-order valence-electron chi connectivity index (χ1n) is 15.0. The molecule has 5 rings (SSSR count). The van der Waals surface area contributed by atoms with Gasteiger partial charge in [-0.3, -0.25) is 9.69 Å². The molecule has 1 saturated heterocycles. The molecule has 1 fully saturated rings. The smallest absolute Gasteiger partial charge is 0.309 e. The number of carboxylic acid groups (broad SMARTS) is 1. The lowest BCUT2D eigenvalue weighted by atomic mass is 9.91. The van der Waals surface area contributed by atoms with E-state index in [2.05, 4.69) is 16.0 Å². The molecule has 0 bridgehead atoms. The highest BCUT2D eigenvalue weighted by molar-refractivity contribution is 5.71. The summed E-state index contributed by atoms with van der Waals surface area (Å²) < 4.78 is 38.2. The molecule has 44 heavy (non-hydrogen) atoms. The van der Waals surface area contributed by atoms with Crippen LogP contribution in [-0.2, 0) is 27.2 Å². The third-order valence-electron chi connectivity index (χ3n) is 8.91. The van der Waals surface area contributed by atoms with Gasteiger partial charge in [0.25, 0.3) is 0 Å². The van der Waals surface area contributed by atoms with Crippen LogP contribution in [-0.4, -0.2) is 72.7 Å². The number of pyridine rings is 1. The van der Waals surface area contributed by atoms with E-state index in [0.717, 1.165) is 47.9 Å². The van der Waals surface area contributed by atoms with Crippen molar-refractivity contribution >= 4 is 5.97 Å². The van der Waals surface area contributed by atoms with Crippen molar-refractivity contribution in [2.75, 3.05) is 34.5 Å². The molecule has 10 heteroatoms. The van der Waals surface area contributed by atoms with Gasteiger partial charge in [-0.25, -0.2) is 9.37 Å². The Balaban J connectivity index is 1.51. The lowest BCUT2D eigenvalue weighted by molar-refractivity contribution is -0.145. The quantitative estimate of drug-likeness (QED) is 0.281. The molecule has 0 radical (unpaired) electrons. The number of nitrogens with zero attached hydrogens (tertiary/aromatic N) is 2. The highest BCUT2D eigenvalue weighted by Crippen LogP contribution is 2.40. The second-order valence-corrected chi connectivity index (χ2v) is 11.7. The van der Waals surface area contributed by atoms with Crippen LogP contribution in [0.3, 0.4) is 0 Å². The maximum absolute atomic E-state index is 15.3. The number of aliphatic hydroxyl groups is 1. The molecule has 236 valence electrons. The fourth-order valence-corrected chi connectivity index (χ4v) is 6.39. The van der Waals surface area contributed by atoms with Gasteiger partial charge >= 0.3 is 5.97 Å². The molecule has 0 amide bonds. The number of aliphatic hydroxyl groups excluding tert-OH is 1. The van der Waals surface area contributed by atoms with Crippen LogP contribution in [0.1, 0.15) is 60.6 Å². The van der Waals surface area contributed by atoms with Crippen LogP contribution < -0.4 is 9.47 Å². The Bertz CT molecular complexity index is 1450. The molecule has 3 aromatic rings. The van der Waals surface area contributed by atoms with E-state index in [0.29, 0.717) is 42.5 Å². The van der Waals surface area contributed by atoms with Gasteiger partial charge < -0.3 is 29.2 Å². The molecule has 2 N–H and O–H groups in total. The number of halogens is 1. The summed E-state index contributed by atoms with van der Waals surface area (Å²) in [7, 11) is 4.92. The van der Waals surface area contributed by atoms with Crippen LogP contribution in [0.5, 0.6) is 11.6 Å². The summed E-state index contributed by atoms with van der Waals surface area (Å²) in [6.45, 7) is 3.21. The zero-order chi connectivity index (χ0) is 31.4. The molecule has 2 unspecified atom stereocenters. The van der Waals surface area contributed by atoms with Crippen molar-refractivity contribution in [1.82, 2.24) is 9.88 Å². The number of methoxy groups -OCH3 is 3. The summed E-state index contributed by atoms with van der Waals surface area (Å²) in [5.41, 5.74) is 4.55. The monoisotopic (exact) mass is 608 g/mol. The fraction of sp³-hybridized carbons (Fsp3) is 0.471. The van der Waals surface area contributed by atoms with Gasteiger partial charge in [-0.05, 0) is 66.5 Å².